The minimum absolute atomic E-state index is 0. The molecule has 1 heterocycles. The Bertz CT molecular complexity index is 234. The number of nitrogens with two attached hydrogens (primary N) is 1. The summed E-state index contributed by atoms with van der Waals surface area (Å²) in [6, 6.07) is 4.22. The molecule has 2 N–H and O–H groups in total. The van der Waals surface area contributed by atoms with Gasteiger partial charge in [0.15, 0.2) is 0 Å². The van der Waals surface area contributed by atoms with Crippen LogP contribution in [0, 0.1) is 5.92 Å². The summed E-state index contributed by atoms with van der Waals surface area (Å²) in [4.78, 5) is 4.04. The fourth-order valence-corrected chi connectivity index (χ4v) is 1.30. The number of hydrogen-bond acceptors (Lipinski definition) is 2. The third-order valence-corrected chi connectivity index (χ3v) is 2.20. The normalized spacial score (nSPS) is 18.1. The van der Waals surface area contributed by atoms with Gasteiger partial charge in [-0.2, -0.15) is 0 Å². The molecular formula is C9H13ClN2. The van der Waals surface area contributed by atoms with Gasteiger partial charge in [0, 0.05) is 18.4 Å². The summed E-state index contributed by atoms with van der Waals surface area (Å²) in [5.74, 6) is 0.721. The highest BCUT2D eigenvalue weighted by molar-refractivity contribution is 5.85. The van der Waals surface area contributed by atoms with E-state index in [0.717, 1.165) is 5.92 Å². The average molecular weight is 185 g/mol. The summed E-state index contributed by atoms with van der Waals surface area (Å²) < 4.78 is 0. The fraction of sp³-hybridized carbons (Fsp3) is 0.444. The van der Waals surface area contributed by atoms with Gasteiger partial charge in [0.05, 0.1) is 0 Å². The Morgan fingerprint density at radius 2 is 2.25 bits per heavy atom. The molecule has 0 unspecified atom stereocenters. The second-order valence-electron chi connectivity index (χ2n) is 3.15. The van der Waals surface area contributed by atoms with E-state index in [1.807, 2.05) is 12.3 Å². The van der Waals surface area contributed by atoms with Crippen molar-refractivity contribution in [2.24, 2.45) is 11.7 Å². The van der Waals surface area contributed by atoms with E-state index < -0.39 is 0 Å². The molecule has 3 heteroatoms. The van der Waals surface area contributed by atoms with Gasteiger partial charge in [0.2, 0.25) is 0 Å². The molecule has 12 heavy (non-hydrogen) atoms. The van der Waals surface area contributed by atoms with Crippen LogP contribution < -0.4 is 5.73 Å². The molecule has 2 nitrogen and oxygen atoms in total. The van der Waals surface area contributed by atoms with Crippen molar-refractivity contribution in [3.8, 4) is 0 Å². The van der Waals surface area contributed by atoms with Crippen LogP contribution in [0.5, 0.6) is 0 Å². The van der Waals surface area contributed by atoms with Crippen LogP contribution in [-0.2, 0) is 0 Å². The van der Waals surface area contributed by atoms with Crippen molar-refractivity contribution in [3.05, 3.63) is 30.1 Å². The van der Waals surface area contributed by atoms with Crippen molar-refractivity contribution in [2.75, 3.05) is 0 Å². The van der Waals surface area contributed by atoms with Crippen LogP contribution >= 0.6 is 12.4 Å². The Hall–Kier alpha value is -0.600. The Kier molecular flexibility index (Phi) is 3.06. The van der Waals surface area contributed by atoms with Crippen LogP contribution in [0.2, 0.25) is 0 Å². The molecule has 1 fully saturated rings. The highest BCUT2D eigenvalue weighted by atomic mass is 35.5. The number of hydrogen-bond donors (Lipinski definition) is 1. The number of nitrogens with zero attached hydrogens (tertiary/aromatic N) is 1. The zero-order chi connectivity index (χ0) is 7.68. The molecule has 2 rings (SSSR count). The van der Waals surface area contributed by atoms with Crippen LogP contribution in [0.15, 0.2) is 24.5 Å². The summed E-state index contributed by atoms with van der Waals surface area (Å²) in [5.41, 5.74) is 7.14. The molecule has 66 valence electrons. The van der Waals surface area contributed by atoms with E-state index in [2.05, 4.69) is 11.1 Å². The zero-order valence-corrected chi connectivity index (χ0v) is 7.63. The molecule has 1 aliphatic rings. The first-order chi connectivity index (χ1) is 5.38. The van der Waals surface area contributed by atoms with Gasteiger partial charge >= 0.3 is 0 Å². The van der Waals surface area contributed by atoms with Gasteiger partial charge in [-0.05, 0) is 30.4 Å². The number of pyridine rings is 1. The molecule has 0 amide bonds. The second kappa shape index (κ2) is 3.87. The molecule has 1 aliphatic carbocycles. The fourth-order valence-electron chi connectivity index (χ4n) is 1.30. The molecule has 0 spiro atoms. The molecular weight excluding hydrogens is 172 g/mol. The smallest absolute Gasteiger partial charge is 0.0338 e. The maximum absolute atomic E-state index is 5.96. The summed E-state index contributed by atoms with van der Waals surface area (Å²) in [6.07, 6.45) is 6.22. The topological polar surface area (TPSA) is 38.9 Å². The summed E-state index contributed by atoms with van der Waals surface area (Å²) >= 11 is 0. The number of aromatic nitrogens is 1. The number of rotatable bonds is 2. The minimum Gasteiger partial charge on any atom is -0.324 e. The van der Waals surface area contributed by atoms with E-state index in [1.54, 1.807) is 6.20 Å². The van der Waals surface area contributed by atoms with Crippen LogP contribution in [-0.4, -0.2) is 4.98 Å². The molecule has 1 aromatic rings. The highest BCUT2D eigenvalue weighted by Gasteiger charge is 2.29. The van der Waals surface area contributed by atoms with Gasteiger partial charge in [-0.1, -0.05) is 6.07 Å². The quantitative estimate of drug-likeness (QED) is 0.763. The third kappa shape index (κ3) is 1.96. The predicted molar refractivity (Wildman–Crippen MR) is 51.1 cm³/mol. The number of halogens is 1. The lowest BCUT2D eigenvalue weighted by molar-refractivity contribution is 0.631. The van der Waals surface area contributed by atoms with Gasteiger partial charge in [0.1, 0.15) is 0 Å². The monoisotopic (exact) mass is 184 g/mol. The van der Waals surface area contributed by atoms with Crippen molar-refractivity contribution in [1.29, 1.82) is 0 Å². The van der Waals surface area contributed by atoms with E-state index in [0.29, 0.717) is 0 Å². The first-order valence-corrected chi connectivity index (χ1v) is 4.03. The maximum Gasteiger partial charge on any atom is 0.0338 e. The first-order valence-electron chi connectivity index (χ1n) is 4.03. The minimum atomic E-state index is 0. The van der Waals surface area contributed by atoms with E-state index in [-0.39, 0.29) is 18.4 Å². The Morgan fingerprint density at radius 1 is 1.50 bits per heavy atom. The Labute approximate surface area is 78.6 Å². The lowest BCUT2D eigenvalue weighted by atomic mass is 10.1. The standard InChI is InChI=1S/C9H12N2.ClH/c10-9(7-3-4-7)8-2-1-5-11-6-8;/h1-2,5-7,9H,3-4,10H2;1H/t9-;/m0./s1. The highest BCUT2D eigenvalue weighted by Crippen LogP contribution is 2.38. The first kappa shape index (κ1) is 9.49. The summed E-state index contributed by atoms with van der Waals surface area (Å²) in [7, 11) is 0. The van der Waals surface area contributed by atoms with E-state index in [4.69, 9.17) is 5.73 Å². The van der Waals surface area contributed by atoms with Crippen molar-refractivity contribution in [2.45, 2.75) is 18.9 Å². The van der Waals surface area contributed by atoms with Crippen molar-refractivity contribution in [3.63, 3.8) is 0 Å². The lowest BCUT2D eigenvalue weighted by Gasteiger charge is -2.08. The van der Waals surface area contributed by atoms with Crippen LogP contribution in [0.3, 0.4) is 0 Å². The van der Waals surface area contributed by atoms with Gasteiger partial charge in [0.25, 0.3) is 0 Å². The van der Waals surface area contributed by atoms with Gasteiger partial charge < -0.3 is 5.73 Å². The van der Waals surface area contributed by atoms with Crippen molar-refractivity contribution >= 4 is 12.4 Å². The molecule has 1 saturated carbocycles. The largest absolute Gasteiger partial charge is 0.324 e. The maximum atomic E-state index is 5.96. The summed E-state index contributed by atoms with van der Waals surface area (Å²) in [5, 5.41) is 0. The molecule has 0 aliphatic heterocycles. The molecule has 0 radical (unpaired) electrons. The van der Waals surface area contributed by atoms with Crippen molar-refractivity contribution in [1.82, 2.24) is 4.98 Å². The van der Waals surface area contributed by atoms with Crippen LogP contribution in [0.1, 0.15) is 24.4 Å². The van der Waals surface area contributed by atoms with E-state index in [9.17, 15) is 0 Å². The van der Waals surface area contributed by atoms with Gasteiger partial charge in [-0.3, -0.25) is 4.98 Å². The van der Waals surface area contributed by atoms with Crippen LogP contribution in [0.4, 0.5) is 0 Å². The average Bonchev–Trinajstić information content (AvgIpc) is 2.87. The Morgan fingerprint density at radius 3 is 2.75 bits per heavy atom. The molecule has 1 atom stereocenters. The zero-order valence-electron chi connectivity index (χ0n) is 6.81. The SMILES string of the molecule is Cl.N[C@H](c1cccnc1)C1CC1. The van der Waals surface area contributed by atoms with Crippen molar-refractivity contribution < 1.29 is 0 Å². The molecule has 0 bridgehead atoms. The van der Waals surface area contributed by atoms with Gasteiger partial charge in [-0.25, -0.2) is 0 Å². The molecule has 0 aromatic carbocycles. The molecule has 1 aromatic heterocycles. The predicted octanol–water partition coefficient (Wildman–Crippen LogP) is 1.91. The third-order valence-electron chi connectivity index (χ3n) is 2.20. The second-order valence-corrected chi connectivity index (χ2v) is 3.15. The van der Waals surface area contributed by atoms with E-state index >= 15 is 0 Å². The lowest BCUT2D eigenvalue weighted by Crippen LogP contribution is -2.12. The Balaban J connectivity index is 0.000000720. The summed E-state index contributed by atoms with van der Waals surface area (Å²) in [6.45, 7) is 0. The van der Waals surface area contributed by atoms with E-state index in [1.165, 1.54) is 18.4 Å². The van der Waals surface area contributed by atoms with Crippen LogP contribution in [0.25, 0.3) is 0 Å². The van der Waals surface area contributed by atoms with Gasteiger partial charge in [-0.15, -0.1) is 12.4 Å². The molecule has 0 saturated heterocycles.